The summed E-state index contributed by atoms with van der Waals surface area (Å²) in [6.45, 7) is 3.90. The minimum atomic E-state index is -0.629. The van der Waals surface area contributed by atoms with Gasteiger partial charge in [0, 0.05) is 38.2 Å². The van der Waals surface area contributed by atoms with Crippen LogP contribution in [-0.2, 0) is 4.74 Å². The van der Waals surface area contributed by atoms with E-state index >= 15 is 0 Å². The summed E-state index contributed by atoms with van der Waals surface area (Å²) in [6, 6.07) is 0.238. The van der Waals surface area contributed by atoms with Crippen molar-refractivity contribution in [1.82, 2.24) is 4.90 Å². The molecule has 2 aliphatic heterocycles. The number of alkyl halides is 1. The molecule has 0 amide bonds. The molecule has 0 radical (unpaired) electrons. The van der Waals surface area contributed by atoms with E-state index in [0.29, 0.717) is 18.9 Å². The van der Waals surface area contributed by atoms with Crippen molar-refractivity contribution in [3.05, 3.63) is 0 Å². The predicted molar refractivity (Wildman–Crippen MR) is 52.9 cm³/mol. The van der Waals surface area contributed by atoms with Crippen molar-refractivity contribution in [2.24, 2.45) is 11.7 Å². The molecule has 82 valence electrons. The molecule has 3 nitrogen and oxygen atoms in total. The molecule has 2 saturated heterocycles. The fourth-order valence-electron chi connectivity index (χ4n) is 2.28. The van der Waals surface area contributed by atoms with Gasteiger partial charge in [0.05, 0.1) is 6.61 Å². The molecular formula is C10H19FN2O. The summed E-state index contributed by atoms with van der Waals surface area (Å²) in [4.78, 5) is 2.17. The van der Waals surface area contributed by atoms with E-state index in [2.05, 4.69) is 4.90 Å². The second-order valence-electron chi connectivity index (χ2n) is 4.43. The van der Waals surface area contributed by atoms with Gasteiger partial charge >= 0.3 is 0 Å². The highest BCUT2D eigenvalue weighted by molar-refractivity contribution is 4.83. The molecule has 14 heavy (non-hydrogen) atoms. The molecular weight excluding hydrogens is 183 g/mol. The first-order valence-electron chi connectivity index (χ1n) is 5.45. The molecule has 0 spiro atoms. The van der Waals surface area contributed by atoms with Gasteiger partial charge in [-0.2, -0.15) is 0 Å². The lowest BCUT2D eigenvalue weighted by Gasteiger charge is -2.31. The van der Waals surface area contributed by atoms with Gasteiger partial charge in [-0.15, -0.1) is 0 Å². The van der Waals surface area contributed by atoms with Gasteiger partial charge in [-0.05, 0) is 12.8 Å². The molecule has 2 aliphatic rings. The van der Waals surface area contributed by atoms with E-state index in [4.69, 9.17) is 10.5 Å². The van der Waals surface area contributed by atoms with Crippen LogP contribution in [0.25, 0.3) is 0 Å². The van der Waals surface area contributed by atoms with Gasteiger partial charge < -0.3 is 10.5 Å². The molecule has 4 heteroatoms. The number of hydrogen-bond acceptors (Lipinski definition) is 3. The van der Waals surface area contributed by atoms with Crippen LogP contribution in [0.5, 0.6) is 0 Å². The van der Waals surface area contributed by atoms with Crippen LogP contribution in [-0.4, -0.2) is 50.0 Å². The Morgan fingerprint density at radius 2 is 2.29 bits per heavy atom. The van der Waals surface area contributed by atoms with Crippen molar-refractivity contribution in [2.75, 3.05) is 32.8 Å². The molecule has 3 atom stereocenters. The van der Waals surface area contributed by atoms with Gasteiger partial charge in [0.2, 0.25) is 0 Å². The minimum Gasteiger partial charge on any atom is -0.381 e. The molecule has 3 unspecified atom stereocenters. The Bertz CT molecular complexity index is 191. The van der Waals surface area contributed by atoms with Crippen LogP contribution in [0.4, 0.5) is 4.39 Å². The Kier molecular flexibility index (Phi) is 3.36. The normalized spacial score (nSPS) is 40.3. The quantitative estimate of drug-likeness (QED) is 0.704. The van der Waals surface area contributed by atoms with E-state index in [1.807, 2.05) is 0 Å². The highest BCUT2D eigenvalue weighted by atomic mass is 19.1. The third-order valence-electron chi connectivity index (χ3n) is 3.24. The molecule has 2 N–H and O–H groups in total. The number of rotatable bonds is 2. The maximum Gasteiger partial charge on any atom is 0.114 e. The van der Waals surface area contributed by atoms with Crippen molar-refractivity contribution in [1.29, 1.82) is 0 Å². The Balaban J connectivity index is 1.78. The summed E-state index contributed by atoms with van der Waals surface area (Å²) in [5.74, 6) is 0.397. The van der Waals surface area contributed by atoms with Crippen molar-refractivity contribution >= 4 is 0 Å². The number of ether oxygens (including phenoxy) is 1. The molecule has 2 heterocycles. The Labute approximate surface area is 84.4 Å². The van der Waals surface area contributed by atoms with Crippen LogP contribution in [0.2, 0.25) is 0 Å². The van der Waals surface area contributed by atoms with Gasteiger partial charge in [-0.25, -0.2) is 4.39 Å². The van der Waals surface area contributed by atoms with E-state index in [1.165, 1.54) is 0 Å². The van der Waals surface area contributed by atoms with Crippen LogP contribution in [0.3, 0.4) is 0 Å². The summed E-state index contributed by atoms with van der Waals surface area (Å²) in [6.07, 6.45) is 0.996. The van der Waals surface area contributed by atoms with Gasteiger partial charge in [0.15, 0.2) is 0 Å². The topological polar surface area (TPSA) is 38.5 Å². The third-order valence-corrected chi connectivity index (χ3v) is 3.24. The van der Waals surface area contributed by atoms with E-state index in [1.54, 1.807) is 0 Å². The molecule has 0 saturated carbocycles. The fourth-order valence-corrected chi connectivity index (χ4v) is 2.28. The van der Waals surface area contributed by atoms with E-state index in [0.717, 1.165) is 32.7 Å². The molecule has 0 aromatic carbocycles. The van der Waals surface area contributed by atoms with Crippen molar-refractivity contribution in [3.8, 4) is 0 Å². The van der Waals surface area contributed by atoms with Crippen LogP contribution in [0.15, 0.2) is 0 Å². The van der Waals surface area contributed by atoms with Crippen molar-refractivity contribution in [3.63, 3.8) is 0 Å². The van der Waals surface area contributed by atoms with Gasteiger partial charge in [0.25, 0.3) is 0 Å². The molecule has 0 aliphatic carbocycles. The van der Waals surface area contributed by atoms with Gasteiger partial charge in [-0.1, -0.05) is 0 Å². The third kappa shape index (κ3) is 2.43. The molecule has 0 aromatic rings. The van der Waals surface area contributed by atoms with E-state index in [9.17, 15) is 4.39 Å². The predicted octanol–water partition coefficient (Wildman–Crippen LogP) is 0.394. The number of hydrogen-bond donors (Lipinski definition) is 1. The summed E-state index contributed by atoms with van der Waals surface area (Å²) >= 11 is 0. The summed E-state index contributed by atoms with van der Waals surface area (Å²) in [5.41, 5.74) is 5.99. The van der Waals surface area contributed by atoms with Crippen LogP contribution < -0.4 is 5.73 Å². The zero-order chi connectivity index (χ0) is 9.97. The van der Waals surface area contributed by atoms with Crippen molar-refractivity contribution in [2.45, 2.75) is 25.1 Å². The highest BCUT2D eigenvalue weighted by Gasteiger charge is 2.28. The number of likely N-dealkylation sites (tertiary alicyclic amines) is 1. The van der Waals surface area contributed by atoms with Crippen LogP contribution in [0, 0.1) is 5.92 Å². The molecule has 2 rings (SSSR count). The Hall–Kier alpha value is -0.190. The molecule has 2 fully saturated rings. The lowest BCUT2D eigenvalue weighted by atomic mass is 9.96. The van der Waals surface area contributed by atoms with E-state index < -0.39 is 6.17 Å². The summed E-state index contributed by atoms with van der Waals surface area (Å²) in [5, 5.41) is 0. The van der Waals surface area contributed by atoms with E-state index in [-0.39, 0.29) is 6.04 Å². The Morgan fingerprint density at radius 3 is 2.93 bits per heavy atom. The standard InChI is InChI=1S/C10H19FN2O/c11-9-1-3-13(6-9)5-8-7-14-4-2-10(8)12/h8-10H,1-7,12H2. The highest BCUT2D eigenvalue weighted by Crippen LogP contribution is 2.18. The van der Waals surface area contributed by atoms with Crippen molar-refractivity contribution < 1.29 is 9.13 Å². The molecule has 0 aromatic heterocycles. The van der Waals surface area contributed by atoms with Crippen LogP contribution >= 0.6 is 0 Å². The first-order chi connectivity index (χ1) is 6.75. The first-order valence-corrected chi connectivity index (χ1v) is 5.45. The minimum absolute atomic E-state index is 0.238. The smallest absolute Gasteiger partial charge is 0.114 e. The van der Waals surface area contributed by atoms with Gasteiger partial charge in [0.1, 0.15) is 6.17 Å². The zero-order valence-electron chi connectivity index (χ0n) is 8.49. The average molecular weight is 202 g/mol. The maximum atomic E-state index is 12.9. The maximum absolute atomic E-state index is 12.9. The molecule has 0 bridgehead atoms. The van der Waals surface area contributed by atoms with Gasteiger partial charge in [-0.3, -0.25) is 4.90 Å². The summed E-state index contributed by atoms with van der Waals surface area (Å²) < 4.78 is 18.3. The lowest BCUT2D eigenvalue weighted by molar-refractivity contribution is 0.0285. The second-order valence-corrected chi connectivity index (χ2v) is 4.43. The number of nitrogens with two attached hydrogens (primary N) is 1. The number of nitrogens with zero attached hydrogens (tertiary/aromatic N) is 1. The average Bonchev–Trinajstić information content (AvgIpc) is 2.56. The second kappa shape index (κ2) is 4.55. The fraction of sp³-hybridized carbons (Fsp3) is 1.00. The first kappa shape index (κ1) is 10.3. The number of halogens is 1. The summed E-state index contributed by atoms with van der Waals surface area (Å²) in [7, 11) is 0. The monoisotopic (exact) mass is 202 g/mol. The lowest BCUT2D eigenvalue weighted by Crippen LogP contribution is -2.44. The SMILES string of the molecule is NC1CCOCC1CN1CCC(F)C1. The zero-order valence-corrected chi connectivity index (χ0v) is 8.49. The Morgan fingerprint density at radius 1 is 1.43 bits per heavy atom. The van der Waals surface area contributed by atoms with Crippen LogP contribution in [0.1, 0.15) is 12.8 Å². The largest absolute Gasteiger partial charge is 0.381 e.